The van der Waals surface area contributed by atoms with Crippen LogP contribution < -0.4 is 0 Å². The van der Waals surface area contributed by atoms with Crippen molar-refractivity contribution in [3.8, 4) is 0 Å². The Morgan fingerprint density at radius 1 is 0.694 bits per heavy atom. The summed E-state index contributed by atoms with van der Waals surface area (Å²) in [6.45, 7) is 30.0. The Kier molecular flexibility index (Phi) is 21.8. The van der Waals surface area contributed by atoms with Crippen LogP contribution in [-0.4, -0.2) is 30.0 Å². The van der Waals surface area contributed by atoms with Crippen molar-refractivity contribution < 1.29 is 0 Å². The quantitative estimate of drug-likeness (QED) is 0.334. The maximum absolute atomic E-state index is 3.85. The van der Waals surface area contributed by atoms with Crippen LogP contribution >= 0.6 is 0 Å². The molecule has 2 aromatic heterocycles. The predicted octanol–water partition coefficient (Wildman–Crippen LogP) is 8.62. The Morgan fingerprint density at radius 2 is 1.11 bits per heavy atom. The van der Waals surface area contributed by atoms with Crippen molar-refractivity contribution in [3.05, 3.63) is 60.7 Å². The molecule has 0 aliphatic carbocycles. The standard InChI is InChI=1S/C11H16.C6H11N3.C5H12.C3H5N3.C3H8.C2H6/c1-11(2,3)9-10-7-5-4-6-8-10;1-6(2,3)9-5-4-7-8-9;1-5(2,3)4;1-6-3-2-4-5-6;1-3-2;1-2/h4-8H,9H2,1-3H3;4-5H,1-3H3;1-4H3;2-3H,1H3;3H2,1-2H3;1-2H3. The maximum Gasteiger partial charge on any atom is 0.0693 e. The molecular weight excluding hydrogens is 444 g/mol. The van der Waals surface area contributed by atoms with Gasteiger partial charge in [0.1, 0.15) is 0 Å². The first-order valence-corrected chi connectivity index (χ1v) is 13.2. The van der Waals surface area contributed by atoms with Crippen molar-refractivity contribution >= 4 is 0 Å². The molecule has 2 heterocycles. The van der Waals surface area contributed by atoms with E-state index in [1.807, 2.05) is 31.8 Å². The highest BCUT2D eigenvalue weighted by atomic mass is 15.4. The number of hydrogen-bond acceptors (Lipinski definition) is 4. The normalized spacial score (nSPS) is 10.3. The summed E-state index contributed by atoms with van der Waals surface area (Å²) >= 11 is 0. The average Bonchev–Trinajstić information content (AvgIpc) is 3.43. The molecule has 36 heavy (non-hydrogen) atoms. The van der Waals surface area contributed by atoms with Crippen LogP contribution in [0.2, 0.25) is 0 Å². The molecule has 0 spiro atoms. The number of aryl methyl sites for hydroxylation is 1. The van der Waals surface area contributed by atoms with Crippen LogP contribution in [0.1, 0.15) is 109 Å². The molecule has 0 aliphatic rings. The fourth-order valence-electron chi connectivity index (χ4n) is 2.04. The van der Waals surface area contributed by atoms with Gasteiger partial charge in [-0.2, -0.15) is 0 Å². The van der Waals surface area contributed by atoms with E-state index in [1.165, 1.54) is 12.0 Å². The van der Waals surface area contributed by atoms with Gasteiger partial charge in [0.15, 0.2) is 0 Å². The Bertz CT molecular complexity index is 782. The highest BCUT2D eigenvalue weighted by Gasteiger charge is 2.11. The largest absolute Gasteiger partial charge is 0.256 e. The highest BCUT2D eigenvalue weighted by molar-refractivity contribution is 5.15. The van der Waals surface area contributed by atoms with Gasteiger partial charge in [0, 0.05) is 19.4 Å². The number of aromatic nitrogens is 6. The van der Waals surface area contributed by atoms with E-state index in [4.69, 9.17) is 0 Å². The van der Waals surface area contributed by atoms with E-state index >= 15 is 0 Å². The van der Waals surface area contributed by atoms with Gasteiger partial charge in [-0.15, -0.1) is 10.2 Å². The van der Waals surface area contributed by atoms with Gasteiger partial charge in [-0.1, -0.05) is 123 Å². The molecule has 3 aromatic rings. The van der Waals surface area contributed by atoms with Crippen LogP contribution in [-0.2, 0) is 19.0 Å². The van der Waals surface area contributed by atoms with Crippen LogP contribution in [0.3, 0.4) is 0 Å². The Labute approximate surface area is 223 Å². The molecule has 1 aromatic carbocycles. The van der Waals surface area contributed by atoms with Crippen LogP contribution in [0.15, 0.2) is 55.1 Å². The lowest BCUT2D eigenvalue weighted by atomic mass is 9.88. The van der Waals surface area contributed by atoms with Crippen molar-refractivity contribution in [2.45, 2.75) is 115 Å². The summed E-state index contributed by atoms with van der Waals surface area (Å²) < 4.78 is 3.47. The van der Waals surface area contributed by atoms with E-state index in [-0.39, 0.29) is 5.54 Å². The van der Waals surface area contributed by atoms with Gasteiger partial charge in [0.25, 0.3) is 0 Å². The first-order chi connectivity index (χ1) is 16.5. The summed E-state index contributed by atoms with van der Waals surface area (Å²) in [7, 11) is 1.83. The van der Waals surface area contributed by atoms with Gasteiger partial charge in [0.05, 0.1) is 17.9 Å². The molecule has 0 radical (unpaired) electrons. The fourth-order valence-corrected chi connectivity index (χ4v) is 2.04. The lowest BCUT2D eigenvalue weighted by Crippen LogP contribution is -2.22. The van der Waals surface area contributed by atoms with E-state index in [0.717, 1.165) is 6.42 Å². The maximum atomic E-state index is 3.85. The molecule has 0 aliphatic heterocycles. The highest BCUT2D eigenvalue weighted by Crippen LogP contribution is 2.19. The summed E-state index contributed by atoms with van der Waals surface area (Å²) in [6.07, 6.45) is 9.37. The van der Waals surface area contributed by atoms with Gasteiger partial charge < -0.3 is 0 Å². The molecule has 0 saturated heterocycles. The number of hydrogen-bond donors (Lipinski definition) is 0. The molecule has 0 N–H and O–H groups in total. The third-order valence-electron chi connectivity index (χ3n) is 3.23. The van der Waals surface area contributed by atoms with Gasteiger partial charge in [-0.05, 0) is 43.6 Å². The second-order valence-electron chi connectivity index (χ2n) is 12.0. The van der Waals surface area contributed by atoms with Crippen LogP contribution in [0.5, 0.6) is 0 Å². The summed E-state index contributed by atoms with van der Waals surface area (Å²) in [6, 6.07) is 10.6. The minimum absolute atomic E-state index is 0.0660. The second kappa shape index (κ2) is 20.7. The summed E-state index contributed by atoms with van der Waals surface area (Å²) in [5.74, 6) is 0. The molecule has 0 amide bonds. The Hall–Kier alpha value is -2.50. The third-order valence-corrected chi connectivity index (χ3v) is 3.23. The van der Waals surface area contributed by atoms with E-state index in [0.29, 0.717) is 10.8 Å². The molecule has 3 rings (SSSR count). The molecule has 6 nitrogen and oxygen atoms in total. The first kappa shape index (κ1) is 38.0. The fraction of sp³-hybridized carbons (Fsp3) is 0.667. The van der Waals surface area contributed by atoms with E-state index in [1.54, 1.807) is 23.3 Å². The van der Waals surface area contributed by atoms with Crippen molar-refractivity contribution in [1.29, 1.82) is 0 Å². The molecule has 208 valence electrons. The zero-order valence-corrected chi connectivity index (χ0v) is 26.3. The van der Waals surface area contributed by atoms with Crippen molar-refractivity contribution in [1.82, 2.24) is 30.0 Å². The van der Waals surface area contributed by atoms with Crippen LogP contribution in [0.4, 0.5) is 0 Å². The van der Waals surface area contributed by atoms with Crippen LogP contribution in [0, 0.1) is 10.8 Å². The molecule has 0 bridgehead atoms. The minimum atomic E-state index is 0.0660. The summed E-state index contributed by atoms with van der Waals surface area (Å²) in [5, 5.41) is 14.7. The summed E-state index contributed by atoms with van der Waals surface area (Å²) in [5.41, 5.74) is 2.40. The Morgan fingerprint density at radius 3 is 1.33 bits per heavy atom. The molecular formula is C30H58N6. The molecule has 6 heteroatoms. The molecule has 0 unspecified atom stereocenters. The number of benzene rings is 1. The van der Waals surface area contributed by atoms with Crippen molar-refractivity contribution in [2.24, 2.45) is 17.9 Å². The smallest absolute Gasteiger partial charge is 0.0693 e. The van der Waals surface area contributed by atoms with E-state index in [2.05, 4.69) is 134 Å². The van der Waals surface area contributed by atoms with E-state index in [9.17, 15) is 0 Å². The predicted molar refractivity (Wildman–Crippen MR) is 158 cm³/mol. The topological polar surface area (TPSA) is 61.4 Å². The van der Waals surface area contributed by atoms with E-state index < -0.39 is 0 Å². The minimum Gasteiger partial charge on any atom is -0.256 e. The lowest BCUT2D eigenvalue weighted by Gasteiger charge is -2.17. The van der Waals surface area contributed by atoms with Crippen LogP contribution in [0.25, 0.3) is 0 Å². The van der Waals surface area contributed by atoms with Crippen molar-refractivity contribution in [3.63, 3.8) is 0 Å². The van der Waals surface area contributed by atoms with Gasteiger partial charge in [0.2, 0.25) is 0 Å². The van der Waals surface area contributed by atoms with Crippen molar-refractivity contribution in [2.75, 3.05) is 0 Å². The number of rotatable bonds is 1. The molecule has 0 atom stereocenters. The SMILES string of the molecule is CC.CC(C)(C)C.CC(C)(C)Cc1ccccc1.CC(C)(C)n1ccnn1.CCC.Cn1ccnn1. The van der Waals surface area contributed by atoms with Gasteiger partial charge in [-0.25, -0.2) is 4.68 Å². The number of nitrogens with zero attached hydrogens (tertiary/aromatic N) is 6. The average molecular weight is 503 g/mol. The van der Waals surface area contributed by atoms with Gasteiger partial charge >= 0.3 is 0 Å². The molecule has 0 saturated carbocycles. The first-order valence-electron chi connectivity index (χ1n) is 13.2. The Balaban J connectivity index is -0.000000393. The zero-order chi connectivity index (χ0) is 28.8. The summed E-state index contributed by atoms with van der Waals surface area (Å²) in [4.78, 5) is 0. The third kappa shape index (κ3) is 31.5. The monoisotopic (exact) mass is 502 g/mol. The zero-order valence-electron chi connectivity index (χ0n) is 26.3. The second-order valence-corrected chi connectivity index (χ2v) is 12.0. The molecule has 0 fully saturated rings. The lowest BCUT2D eigenvalue weighted by molar-refractivity contribution is 0.347. The van der Waals surface area contributed by atoms with Gasteiger partial charge in [-0.3, -0.25) is 4.68 Å².